The van der Waals surface area contributed by atoms with Crippen LogP contribution in [0.3, 0.4) is 0 Å². The molecule has 0 saturated carbocycles. The van der Waals surface area contributed by atoms with Crippen molar-refractivity contribution in [2.24, 2.45) is 0 Å². The number of hydrogen-bond acceptors (Lipinski definition) is 5. The molecule has 1 aliphatic heterocycles. The van der Waals surface area contributed by atoms with E-state index in [0.29, 0.717) is 18.8 Å². The van der Waals surface area contributed by atoms with E-state index in [1.807, 2.05) is 30.3 Å². The third-order valence-corrected chi connectivity index (χ3v) is 4.02. The van der Waals surface area contributed by atoms with Crippen LogP contribution in [0.1, 0.15) is 23.2 Å². The highest BCUT2D eigenvalue weighted by Crippen LogP contribution is 2.28. The average Bonchev–Trinajstić information content (AvgIpc) is 3.14. The van der Waals surface area contributed by atoms with Crippen LogP contribution in [0.5, 0.6) is 0 Å². The summed E-state index contributed by atoms with van der Waals surface area (Å²) >= 11 is 0. The second kappa shape index (κ2) is 7.76. The van der Waals surface area contributed by atoms with E-state index in [9.17, 15) is 14.9 Å². The second-order valence-corrected chi connectivity index (χ2v) is 5.83. The molecule has 1 amide bonds. The number of hydrogen-bond donors (Lipinski definition) is 2. The van der Waals surface area contributed by atoms with E-state index >= 15 is 0 Å². The number of amides is 1. The monoisotopic (exact) mass is 341 g/mol. The molecule has 3 rings (SSSR count). The Balaban J connectivity index is 1.73. The van der Waals surface area contributed by atoms with Crippen molar-refractivity contribution in [1.29, 1.82) is 0 Å². The quantitative estimate of drug-likeness (QED) is 0.621. The fourth-order valence-electron chi connectivity index (χ4n) is 2.72. The predicted molar refractivity (Wildman–Crippen MR) is 94.1 cm³/mol. The Morgan fingerprint density at radius 3 is 2.72 bits per heavy atom. The smallest absolute Gasteiger partial charge is 0.293 e. The maximum atomic E-state index is 12.2. The van der Waals surface area contributed by atoms with Crippen molar-refractivity contribution in [2.45, 2.75) is 18.9 Å². The summed E-state index contributed by atoms with van der Waals surface area (Å²) < 4.78 is 5.45. The highest BCUT2D eigenvalue weighted by atomic mass is 16.6. The van der Waals surface area contributed by atoms with Gasteiger partial charge in [0.15, 0.2) is 0 Å². The number of ether oxygens (including phenoxy) is 1. The fraction of sp³-hybridized carbons (Fsp3) is 0.278. The Morgan fingerprint density at radius 2 is 2.04 bits per heavy atom. The highest BCUT2D eigenvalue weighted by Gasteiger charge is 2.20. The van der Waals surface area contributed by atoms with E-state index in [4.69, 9.17) is 4.74 Å². The average molecular weight is 341 g/mol. The van der Waals surface area contributed by atoms with Crippen LogP contribution < -0.4 is 10.6 Å². The first-order chi connectivity index (χ1) is 12.1. The van der Waals surface area contributed by atoms with Crippen molar-refractivity contribution in [3.05, 3.63) is 64.2 Å². The molecule has 0 bridgehead atoms. The number of nitro benzene ring substituents is 1. The van der Waals surface area contributed by atoms with Gasteiger partial charge in [-0.25, -0.2) is 0 Å². The molecule has 7 heteroatoms. The van der Waals surface area contributed by atoms with E-state index in [1.165, 1.54) is 6.07 Å². The van der Waals surface area contributed by atoms with Crippen LogP contribution in [-0.4, -0.2) is 30.1 Å². The van der Waals surface area contributed by atoms with Crippen molar-refractivity contribution in [1.82, 2.24) is 5.32 Å². The number of nitrogens with one attached hydrogen (secondary N) is 2. The molecule has 2 aromatic rings. The van der Waals surface area contributed by atoms with E-state index in [1.54, 1.807) is 12.1 Å². The third kappa shape index (κ3) is 4.33. The second-order valence-electron chi connectivity index (χ2n) is 5.83. The third-order valence-electron chi connectivity index (χ3n) is 4.02. The molecule has 1 unspecified atom stereocenters. The zero-order valence-corrected chi connectivity index (χ0v) is 13.6. The van der Waals surface area contributed by atoms with Crippen molar-refractivity contribution < 1.29 is 14.5 Å². The van der Waals surface area contributed by atoms with Gasteiger partial charge in [0.2, 0.25) is 0 Å². The van der Waals surface area contributed by atoms with Gasteiger partial charge in [0.05, 0.1) is 11.0 Å². The Bertz CT molecular complexity index is 758. The molecule has 0 aromatic heterocycles. The van der Waals surface area contributed by atoms with Gasteiger partial charge in [-0.3, -0.25) is 14.9 Å². The van der Waals surface area contributed by atoms with Gasteiger partial charge in [-0.1, -0.05) is 18.2 Å². The molecule has 2 aromatic carbocycles. The van der Waals surface area contributed by atoms with Crippen molar-refractivity contribution in [3.63, 3.8) is 0 Å². The summed E-state index contributed by atoms with van der Waals surface area (Å²) in [6.07, 6.45) is 1.93. The lowest BCUT2D eigenvalue weighted by Crippen LogP contribution is -2.31. The Labute approximate surface area is 145 Å². The first kappa shape index (κ1) is 16.9. The molecule has 1 fully saturated rings. The van der Waals surface area contributed by atoms with Crippen LogP contribution in [0.25, 0.3) is 0 Å². The lowest BCUT2D eigenvalue weighted by Gasteiger charge is -2.12. The molecule has 1 aliphatic rings. The minimum absolute atomic E-state index is 0.0259. The molecule has 0 radical (unpaired) electrons. The first-order valence-corrected chi connectivity index (χ1v) is 8.14. The lowest BCUT2D eigenvalue weighted by atomic mass is 10.1. The number of benzene rings is 2. The standard InChI is InChI=1S/C18H19N3O4/c22-18(19-12-15-7-4-10-25-15)13-8-9-16(17(11-13)21(23)24)20-14-5-2-1-3-6-14/h1-3,5-6,8-9,11,15,20H,4,7,10,12H2,(H,19,22). The first-order valence-electron chi connectivity index (χ1n) is 8.14. The van der Waals surface area contributed by atoms with E-state index in [0.717, 1.165) is 18.5 Å². The van der Waals surface area contributed by atoms with Crippen molar-refractivity contribution in [3.8, 4) is 0 Å². The molecule has 0 aliphatic carbocycles. The summed E-state index contributed by atoms with van der Waals surface area (Å²) in [4.78, 5) is 23.1. The number of para-hydroxylation sites is 1. The normalized spacial score (nSPS) is 16.4. The fourth-order valence-corrected chi connectivity index (χ4v) is 2.72. The van der Waals surface area contributed by atoms with E-state index in [2.05, 4.69) is 10.6 Å². The van der Waals surface area contributed by atoms with Gasteiger partial charge >= 0.3 is 0 Å². The molecule has 1 heterocycles. The number of anilines is 2. The molecule has 130 valence electrons. The number of carbonyl (C=O) groups is 1. The maximum absolute atomic E-state index is 12.2. The van der Waals surface area contributed by atoms with Crippen LogP contribution in [0.4, 0.5) is 17.1 Å². The highest BCUT2D eigenvalue weighted by molar-refractivity contribution is 5.96. The van der Waals surface area contributed by atoms with Crippen LogP contribution in [-0.2, 0) is 4.74 Å². The van der Waals surface area contributed by atoms with Gasteiger partial charge in [-0.15, -0.1) is 0 Å². The number of rotatable bonds is 6. The minimum Gasteiger partial charge on any atom is -0.376 e. The number of carbonyl (C=O) groups excluding carboxylic acids is 1. The number of nitrogens with zero attached hydrogens (tertiary/aromatic N) is 1. The molecule has 0 spiro atoms. The lowest BCUT2D eigenvalue weighted by molar-refractivity contribution is -0.383. The largest absolute Gasteiger partial charge is 0.376 e. The SMILES string of the molecule is O=C(NCC1CCCO1)c1ccc(Nc2ccccc2)c([N+](=O)[O-])c1. The van der Waals surface area contributed by atoms with Gasteiger partial charge in [0.25, 0.3) is 11.6 Å². The summed E-state index contributed by atoms with van der Waals surface area (Å²) in [5.41, 5.74) is 1.19. The molecule has 1 saturated heterocycles. The van der Waals surface area contributed by atoms with Crippen LogP contribution >= 0.6 is 0 Å². The maximum Gasteiger partial charge on any atom is 0.293 e. The van der Waals surface area contributed by atoms with Gasteiger partial charge in [-0.2, -0.15) is 0 Å². The summed E-state index contributed by atoms with van der Waals surface area (Å²) in [6, 6.07) is 13.6. The predicted octanol–water partition coefficient (Wildman–Crippen LogP) is 3.25. The number of nitro groups is 1. The Kier molecular flexibility index (Phi) is 5.25. The summed E-state index contributed by atoms with van der Waals surface area (Å²) in [6.45, 7) is 1.13. The molecule has 7 nitrogen and oxygen atoms in total. The van der Waals surface area contributed by atoms with E-state index < -0.39 is 4.92 Å². The van der Waals surface area contributed by atoms with Crippen LogP contribution in [0.15, 0.2) is 48.5 Å². The zero-order chi connectivity index (χ0) is 17.6. The summed E-state index contributed by atoms with van der Waals surface area (Å²) in [7, 11) is 0. The topological polar surface area (TPSA) is 93.5 Å². The summed E-state index contributed by atoms with van der Waals surface area (Å²) in [5, 5.41) is 17.1. The van der Waals surface area contributed by atoms with Crippen molar-refractivity contribution >= 4 is 23.0 Å². The molecule has 1 atom stereocenters. The minimum atomic E-state index is -0.498. The molecule has 25 heavy (non-hydrogen) atoms. The summed E-state index contributed by atoms with van der Waals surface area (Å²) in [5.74, 6) is -0.343. The van der Waals surface area contributed by atoms with Crippen molar-refractivity contribution in [2.75, 3.05) is 18.5 Å². The molecule has 2 N–H and O–H groups in total. The Morgan fingerprint density at radius 1 is 1.24 bits per heavy atom. The van der Waals surface area contributed by atoms with Crippen LogP contribution in [0.2, 0.25) is 0 Å². The molecular weight excluding hydrogens is 322 g/mol. The molecular formula is C18H19N3O4. The Hall–Kier alpha value is -2.93. The van der Waals surface area contributed by atoms with Gasteiger partial charge in [-0.05, 0) is 37.1 Å². The van der Waals surface area contributed by atoms with E-state index in [-0.39, 0.29) is 23.3 Å². The van der Waals surface area contributed by atoms with Crippen LogP contribution in [0, 0.1) is 10.1 Å². The van der Waals surface area contributed by atoms with Gasteiger partial charge in [0, 0.05) is 30.5 Å². The van der Waals surface area contributed by atoms with Gasteiger partial charge in [0.1, 0.15) is 5.69 Å². The zero-order valence-electron chi connectivity index (χ0n) is 13.6. The van der Waals surface area contributed by atoms with Gasteiger partial charge < -0.3 is 15.4 Å².